The minimum Gasteiger partial charge on any atom is -0.373 e. The topological polar surface area (TPSA) is 49.8 Å². The Bertz CT molecular complexity index is 611. The smallest absolute Gasteiger partial charge is 0.136 e. The second-order valence-electron chi connectivity index (χ2n) is 5.01. The Morgan fingerprint density at radius 2 is 1.80 bits per heavy atom. The molecule has 0 saturated heterocycles. The SMILES string of the molecule is CNc1cc(Nc2cc(C)ccc2Br)nc(C(C)C)n1. The largest absolute Gasteiger partial charge is 0.373 e. The fraction of sp³-hybridized carbons (Fsp3) is 0.333. The summed E-state index contributed by atoms with van der Waals surface area (Å²) in [4.78, 5) is 9.02. The van der Waals surface area contributed by atoms with Crippen molar-refractivity contribution in [2.75, 3.05) is 17.7 Å². The van der Waals surface area contributed by atoms with E-state index in [-0.39, 0.29) is 5.92 Å². The summed E-state index contributed by atoms with van der Waals surface area (Å²) < 4.78 is 1.01. The summed E-state index contributed by atoms with van der Waals surface area (Å²) in [5, 5.41) is 6.42. The molecule has 0 bridgehead atoms. The van der Waals surface area contributed by atoms with Gasteiger partial charge in [-0.05, 0) is 40.5 Å². The molecule has 0 spiro atoms. The van der Waals surface area contributed by atoms with E-state index < -0.39 is 0 Å². The highest BCUT2D eigenvalue weighted by molar-refractivity contribution is 9.10. The summed E-state index contributed by atoms with van der Waals surface area (Å²) in [6.45, 7) is 6.23. The van der Waals surface area contributed by atoms with Crippen LogP contribution in [-0.4, -0.2) is 17.0 Å². The van der Waals surface area contributed by atoms with Crippen molar-refractivity contribution in [2.24, 2.45) is 0 Å². The summed E-state index contributed by atoms with van der Waals surface area (Å²) >= 11 is 3.55. The number of hydrogen-bond donors (Lipinski definition) is 2. The molecule has 0 unspecified atom stereocenters. The van der Waals surface area contributed by atoms with Crippen LogP contribution in [0.15, 0.2) is 28.7 Å². The van der Waals surface area contributed by atoms with Crippen LogP contribution in [0.1, 0.15) is 31.2 Å². The number of anilines is 3. The summed E-state index contributed by atoms with van der Waals surface area (Å²) in [6, 6.07) is 8.08. The molecular weight excluding hydrogens is 316 g/mol. The monoisotopic (exact) mass is 334 g/mol. The average molecular weight is 335 g/mol. The fourth-order valence-electron chi connectivity index (χ4n) is 1.79. The highest BCUT2D eigenvalue weighted by Crippen LogP contribution is 2.27. The third-order valence-electron chi connectivity index (χ3n) is 2.90. The molecule has 0 atom stereocenters. The van der Waals surface area contributed by atoms with Crippen molar-refractivity contribution >= 4 is 33.3 Å². The van der Waals surface area contributed by atoms with Crippen molar-refractivity contribution in [3.63, 3.8) is 0 Å². The minimum absolute atomic E-state index is 0.282. The van der Waals surface area contributed by atoms with Crippen LogP contribution in [0, 0.1) is 6.92 Å². The van der Waals surface area contributed by atoms with E-state index >= 15 is 0 Å². The van der Waals surface area contributed by atoms with Crippen molar-refractivity contribution in [1.82, 2.24) is 9.97 Å². The Labute approximate surface area is 128 Å². The third-order valence-corrected chi connectivity index (χ3v) is 3.59. The first-order valence-electron chi connectivity index (χ1n) is 6.59. The van der Waals surface area contributed by atoms with Crippen LogP contribution in [-0.2, 0) is 0 Å². The van der Waals surface area contributed by atoms with Crippen LogP contribution < -0.4 is 10.6 Å². The van der Waals surface area contributed by atoms with Gasteiger partial charge in [-0.3, -0.25) is 0 Å². The lowest BCUT2D eigenvalue weighted by Crippen LogP contribution is -2.05. The molecule has 2 aromatic rings. The van der Waals surface area contributed by atoms with Crippen LogP contribution in [0.4, 0.5) is 17.3 Å². The van der Waals surface area contributed by atoms with E-state index in [0.717, 1.165) is 27.6 Å². The first-order chi connectivity index (χ1) is 9.49. The number of aryl methyl sites for hydroxylation is 1. The molecular formula is C15H19BrN4. The van der Waals surface area contributed by atoms with E-state index in [0.29, 0.717) is 0 Å². The van der Waals surface area contributed by atoms with Gasteiger partial charge in [0.2, 0.25) is 0 Å². The zero-order valence-electron chi connectivity index (χ0n) is 12.2. The molecule has 1 heterocycles. The number of benzene rings is 1. The maximum Gasteiger partial charge on any atom is 0.136 e. The van der Waals surface area contributed by atoms with Gasteiger partial charge >= 0.3 is 0 Å². The van der Waals surface area contributed by atoms with Crippen LogP contribution in [0.5, 0.6) is 0 Å². The molecule has 5 heteroatoms. The lowest BCUT2D eigenvalue weighted by molar-refractivity contribution is 0.778. The van der Waals surface area contributed by atoms with Gasteiger partial charge in [-0.1, -0.05) is 19.9 Å². The van der Waals surface area contributed by atoms with Crippen molar-refractivity contribution < 1.29 is 0 Å². The molecule has 0 saturated carbocycles. The standard InChI is InChI=1S/C15H19BrN4/c1-9(2)15-19-13(17-4)8-14(20-15)18-12-7-10(3)5-6-11(12)16/h5-9H,1-4H3,(H2,17,18,19,20). The van der Waals surface area contributed by atoms with Gasteiger partial charge in [-0.25, -0.2) is 9.97 Å². The Morgan fingerprint density at radius 1 is 1.10 bits per heavy atom. The van der Waals surface area contributed by atoms with Gasteiger partial charge in [0, 0.05) is 23.5 Å². The van der Waals surface area contributed by atoms with E-state index in [1.807, 2.05) is 19.2 Å². The predicted octanol–water partition coefficient (Wildman–Crippen LogP) is 4.46. The Balaban J connectivity index is 2.37. The zero-order valence-corrected chi connectivity index (χ0v) is 13.7. The van der Waals surface area contributed by atoms with Gasteiger partial charge in [0.15, 0.2) is 0 Å². The fourth-order valence-corrected chi connectivity index (χ4v) is 2.13. The van der Waals surface area contributed by atoms with Crippen molar-refractivity contribution in [3.8, 4) is 0 Å². The van der Waals surface area contributed by atoms with Crippen LogP contribution in [0.2, 0.25) is 0 Å². The van der Waals surface area contributed by atoms with Gasteiger partial charge < -0.3 is 10.6 Å². The molecule has 1 aromatic heterocycles. The van der Waals surface area contributed by atoms with Gasteiger partial charge in [0.25, 0.3) is 0 Å². The minimum atomic E-state index is 0.282. The predicted molar refractivity (Wildman–Crippen MR) is 87.8 cm³/mol. The van der Waals surface area contributed by atoms with E-state index in [9.17, 15) is 0 Å². The van der Waals surface area contributed by atoms with Crippen molar-refractivity contribution in [1.29, 1.82) is 0 Å². The number of halogens is 1. The van der Waals surface area contributed by atoms with E-state index in [1.54, 1.807) is 0 Å². The molecule has 2 N–H and O–H groups in total. The second-order valence-corrected chi connectivity index (χ2v) is 5.86. The van der Waals surface area contributed by atoms with Gasteiger partial charge in [0.05, 0.1) is 5.69 Å². The van der Waals surface area contributed by atoms with Gasteiger partial charge in [0.1, 0.15) is 17.5 Å². The number of rotatable bonds is 4. The van der Waals surface area contributed by atoms with Gasteiger partial charge in [-0.15, -0.1) is 0 Å². The molecule has 0 aliphatic heterocycles. The first kappa shape index (κ1) is 14.8. The molecule has 0 aliphatic carbocycles. The first-order valence-corrected chi connectivity index (χ1v) is 7.39. The average Bonchev–Trinajstić information content (AvgIpc) is 2.42. The van der Waals surface area contributed by atoms with E-state index in [4.69, 9.17) is 0 Å². The molecule has 106 valence electrons. The molecule has 0 radical (unpaired) electrons. The molecule has 0 aliphatic rings. The van der Waals surface area contributed by atoms with Crippen molar-refractivity contribution in [3.05, 3.63) is 40.1 Å². The highest BCUT2D eigenvalue weighted by atomic mass is 79.9. The summed E-state index contributed by atoms with van der Waals surface area (Å²) in [6.07, 6.45) is 0. The highest BCUT2D eigenvalue weighted by Gasteiger charge is 2.09. The molecule has 4 nitrogen and oxygen atoms in total. The Kier molecular flexibility index (Phi) is 4.60. The van der Waals surface area contributed by atoms with Crippen molar-refractivity contribution in [2.45, 2.75) is 26.7 Å². The lowest BCUT2D eigenvalue weighted by Gasteiger charge is -2.13. The zero-order chi connectivity index (χ0) is 14.7. The summed E-state index contributed by atoms with van der Waals surface area (Å²) in [5.41, 5.74) is 2.20. The number of nitrogens with one attached hydrogen (secondary N) is 2. The number of hydrogen-bond acceptors (Lipinski definition) is 4. The maximum atomic E-state index is 4.56. The number of nitrogens with zero attached hydrogens (tertiary/aromatic N) is 2. The summed E-state index contributed by atoms with van der Waals surface area (Å²) in [7, 11) is 1.86. The lowest BCUT2D eigenvalue weighted by atomic mass is 10.2. The molecule has 2 rings (SSSR count). The Morgan fingerprint density at radius 3 is 2.45 bits per heavy atom. The van der Waals surface area contributed by atoms with E-state index in [2.05, 4.69) is 69.4 Å². The normalized spacial score (nSPS) is 10.7. The van der Waals surface area contributed by atoms with Crippen LogP contribution in [0.25, 0.3) is 0 Å². The van der Waals surface area contributed by atoms with Crippen LogP contribution in [0.3, 0.4) is 0 Å². The Hall–Kier alpha value is -1.62. The molecule has 1 aromatic carbocycles. The summed E-state index contributed by atoms with van der Waals surface area (Å²) in [5.74, 6) is 2.71. The van der Waals surface area contributed by atoms with Crippen LogP contribution >= 0.6 is 15.9 Å². The third kappa shape index (κ3) is 3.48. The molecule has 0 amide bonds. The number of aromatic nitrogens is 2. The maximum absolute atomic E-state index is 4.56. The molecule has 20 heavy (non-hydrogen) atoms. The van der Waals surface area contributed by atoms with E-state index in [1.165, 1.54) is 5.56 Å². The second kappa shape index (κ2) is 6.22. The molecule has 0 fully saturated rings. The van der Waals surface area contributed by atoms with Gasteiger partial charge in [-0.2, -0.15) is 0 Å². The quantitative estimate of drug-likeness (QED) is 0.866.